The summed E-state index contributed by atoms with van der Waals surface area (Å²) in [7, 11) is -3.95. The van der Waals surface area contributed by atoms with Gasteiger partial charge in [0.2, 0.25) is 5.79 Å². The summed E-state index contributed by atoms with van der Waals surface area (Å²) in [6, 6.07) is 47.6. The zero-order valence-electron chi connectivity index (χ0n) is 34.5. The van der Waals surface area contributed by atoms with E-state index in [-0.39, 0.29) is 33.0 Å². The molecule has 0 radical (unpaired) electrons. The van der Waals surface area contributed by atoms with Crippen molar-refractivity contribution in [3.63, 3.8) is 0 Å². The van der Waals surface area contributed by atoms with Gasteiger partial charge in [-0.1, -0.05) is 152 Å². The first-order valence-electron chi connectivity index (χ1n) is 20.6. The summed E-state index contributed by atoms with van der Waals surface area (Å²) in [5.41, 5.74) is 4.27. The molecule has 62 heavy (non-hydrogen) atoms. The van der Waals surface area contributed by atoms with E-state index in [9.17, 15) is 18.6 Å². The minimum Gasteiger partial charge on any atom is -0.394 e. The summed E-state index contributed by atoms with van der Waals surface area (Å²) in [6.07, 6.45) is -7.72. The molecule has 2 aliphatic heterocycles. The highest BCUT2D eigenvalue weighted by atomic mass is 32.2. The molecule has 9 atom stereocenters. The van der Waals surface area contributed by atoms with E-state index in [2.05, 4.69) is 0 Å². The zero-order valence-corrected chi connectivity index (χ0v) is 35.3. The molecule has 2 fully saturated rings. The van der Waals surface area contributed by atoms with Crippen LogP contribution in [0.2, 0.25) is 0 Å². The molecule has 0 unspecified atom stereocenters. The molecule has 0 saturated carbocycles. The molecular weight excluding hydrogens is 817 g/mol. The van der Waals surface area contributed by atoms with Gasteiger partial charge < -0.3 is 48.1 Å². The molecular formula is C48H54O13S. The molecule has 0 bridgehead atoms. The lowest BCUT2D eigenvalue weighted by molar-refractivity contribution is -0.396. The molecule has 330 valence electrons. The first kappa shape index (κ1) is 45.6. The van der Waals surface area contributed by atoms with Crippen molar-refractivity contribution in [3.05, 3.63) is 179 Å². The monoisotopic (exact) mass is 870 g/mol. The topological polar surface area (TPSA) is 158 Å². The number of hydrogen-bond acceptors (Lipinski definition) is 13. The molecule has 2 heterocycles. The van der Waals surface area contributed by atoms with Gasteiger partial charge in [-0.25, -0.2) is 0 Å². The highest BCUT2D eigenvalue weighted by molar-refractivity contribution is 7.85. The first-order valence-corrected chi connectivity index (χ1v) is 22.4. The summed E-state index contributed by atoms with van der Waals surface area (Å²) in [6.45, 7) is -1.22. The molecule has 13 nitrogen and oxygen atoms in total. The molecule has 0 amide bonds. The summed E-state index contributed by atoms with van der Waals surface area (Å²) < 4.78 is 83.3. The Labute approximate surface area is 363 Å². The molecule has 0 spiro atoms. The molecule has 2 saturated heterocycles. The second-order valence-corrected chi connectivity index (χ2v) is 16.9. The molecule has 5 aromatic rings. The van der Waals surface area contributed by atoms with E-state index in [1.807, 2.05) is 152 Å². The Hall–Kier alpha value is -4.39. The largest absolute Gasteiger partial charge is 0.394 e. The van der Waals surface area contributed by atoms with Crippen LogP contribution in [-0.4, -0.2) is 99.5 Å². The highest BCUT2D eigenvalue weighted by Gasteiger charge is 2.61. The van der Waals surface area contributed by atoms with Crippen LogP contribution in [0.3, 0.4) is 0 Å². The lowest BCUT2D eigenvalue weighted by Crippen LogP contribution is -2.64. The van der Waals surface area contributed by atoms with Crippen molar-refractivity contribution >= 4 is 10.1 Å². The van der Waals surface area contributed by atoms with Crippen LogP contribution in [0.25, 0.3) is 0 Å². The lowest BCUT2D eigenvalue weighted by atomic mass is 9.97. The van der Waals surface area contributed by atoms with Crippen LogP contribution in [0, 0.1) is 0 Å². The van der Waals surface area contributed by atoms with Gasteiger partial charge in [-0.3, -0.25) is 4.18 Å². The van der Waals surface area contributed by atoms with E-state index >= 15 is 0 Å². The fraction of sp³-hybridized carbons (Fsp3) is 0.375. The van der Waals surface area contributed by atoms with Gasteiger partial charge in [0.05, 0.1) is 52.5 Å². The first-order chi connectivity index (χ1) is 30.2. The normalized spacial score (nSPS) is 26.4. The minimum absolute atomic E-state index is 0.0434. The van der Waals surface area contributed by atoms with Crippen molar-refractivity contribution < 1.29 is 60.7 Å². The van der Waals surface area contributed by atoms with Gasteiger partial charge in [0.25, 0.3) is 10.1 Å². The fourth-order valence-electron chi connectivity index (χ4n) is 7.54. The van der Waals surface area contributed by atoms with E-state index in [0.717, 1.165) is 34.1 Å². The third-order valence-corrected chi connectivity index (χ3v) is 11.2. The Morgan fingerprint density at radius 3 is 1.31 bits per heavy atom. The summed E-state index contributed by atoms with van der Waals surface area (Å²) in [4.78, 5) is 0. The van der Waals surface area contributed by atoms with E-state index < -0.39 is 84.7 Å². The predicted octanol–water partition coefficient (Wildman–Crippen LogP) is 5.71. The third kappa shape index (κ3) is 12.4. The van der Waals surface area contributed by atoms with Gasteiger partial charge in [0.1, 0.15) is 49.3 Å². The van der Waals surface area contributed by atoms with Crippen molar-refractivity contribution in [1.82, 2.24) is 0 Å². The van der Waals surface area contributed by atoms with E-state index in [0.29, 0.717) is 0 Å². The summed E-state index contributed by atoms with van der Waals surface area (Å²) in [5.74, 6) is -2.07. The smallest absolute Gasteiger partial charge is 0.264 e. The number of ether oxygens (including phenoxy) is 8. The molecule has 2 aliphatic rings. The Balaban J connectivity index is 1.27. The standard InChI is InChI=1S/C48H54O13S/c1-62(51,52)58-33-41-43(54-29-36-19-9-3-10-20-36)46(57-32-39-25-15-6-16-26-39)48(34-50,60-41)61-47-45(56-31-38-23-13-5-14-24-38)44(55-30-37-21-11-4-12-22-37)42(40(27-49)59-47)53-28-35-17-7-2-8-18-35/h2-26,40-47,49-50H,27-34H2,1H3/t40-,41-,42-,43-,44+,45-,46+,47-,48+/m1/s1. The van der Waals surface area contributed by atoms with Crippen LogP contribution in [-0.2, 0) is 85.2 Å². The molecule has 5 aromatic carbocycles. The molecule has 14 heteroatoms. The number of aliphatic hydroxyl groups excluding tert-OH is 2. The summed E-state index contributed by atoms with van der Waals surface area (Å²) in [5, 5.41) is 22.5. The van der Waals surface area contributed by atoms with Gasteiger partial charge in [-0.15, -0.1) is 0 Å². The van der Waals surface area contributed by atoms with Gasteiger partial charge in [-0.2, -0.15) is 8.42 Å². The van der Waals surface area contributed by atoms with Crippen LogP contribution < -0.4 is 0 Å². The van der Waals surface area contributed by atoms with Crippen LogP contribution in [0.15, 0.2) is 152 Å². The average molecular weight is 871 g/mol. The highest BCUT2D eigenvalue weighted by Crippen LogP contribution is 2.42. The Morgan fingerprint density at radius 1 is 0.516 bits per heavy atom. The van der Waals surface area contributed by atoms with Gasteiger partial charge >= 0.3 is 0 Å². The number of hydrogen-bond donors (Lipinski definition) is 2. The van der Waals surface area contributed by atoms with Crippen LogP contribution >= 0.6 is 0 Å². The number of benzene rings is 5. The van der Waals surface area contributed by atoms with Gasteiger partial charge in [0.15, 0.2) is 6.29 Å². The molecule has 2 N–H and O–H groups in total. The Kier molecular flexibility index (Phi) is 16.4. The van der Waals surface area contributed by atoms with Crippen molar-refractivity contribution in [2.75, 3.05) is 26.1 Å². The molecule has 7 rings (SSSR count). The minimum atomic E-state index is -3.95. The van der Waals surface area contributed by atoms with E-state index in [1.165, 1.54) is 0 Å². The average Bonchev–Trinajstić information content (AvgIpc) is 3.60. The molecule has 0 aromatic heterocycles. The maximum absolute atomic E-state index is 12.4. The zero-order chi connectivity index (χ0) is 43.2. The SMILES string of the molecule is CS(=O)(=O)OC[C@H]1O[C@@](CO)(O[C@H]2O[C@H](CO)[C@@H](OCc3ccccc3)[C@H](OCc3ccccc3)[C@H]2OCc2ccccc2)[C@@H](OCc2ccccc2)[C@@H]1OCc1ccccc1. The number of aliphatic hydroxyl groups is 2. The summed E-state index contributed by atoms with van der Waals surface area (Å²) >= 11 is 0. The maximum atomic E-state index is 12.4. The third-order valence-electron chi connectivity index (χ3n) is 10.6. The quantitative estimate of drug-likeness (QED) is 0.0817. The van der Waals surface area contributed by atoms with Crippen LogP contribution in [0.1, 0.15) is 27.8 Å². The van der Waals surface area contributed by atoms with Gasteiger partial charge in [-0.05, 0) is 27.8 Å². The van der Waals surface area contributed by atoms with Crippen molar-refractivity contribution in [3.8, 4) is 0 Å². The van der Waals surface area contributed by atoms with Crippen LogP contribution in [0.5, 0.6) is 0 Å². The Bertz CT molecular complexity index is 2150. The lowest BCUT2D eigenvalue weighted by Gasteiger charge is -2.48. The second kappa shape index (κ2) is 22.3. The number of rotatable bonds is 22. The van der Waals surface area contributed by atoms with Gasteiger partial charge in [0, 0.05) is 0 Å². The van der Waals surface area contributed by atoms with Crippen molar-refractivity contribution in [1.29, 1.82) is 0 Å². The maximum Gasteiger partial charge on any atom is 0.264 e. The van der Waals surface area contributed by atoms with E-state index in [4.69, 9.17) is 42.1 Å². The Morgan fingerprint density at radius 2 is 0.903 bits per heavy atom. The second-order valence-electron chi connectivity index (χ2n) is 15.2. The predicted molar refractivity (Wildman–Crippen MR) is 227 cm³/mol. The van der Waals surface area contributed by atoms with Crippen LogP contribution in [0.4, 0.5) is 0 Å². The molecule has 0 aliphatic carbocycles. The fourth-order valence-corrected chi connectivity index (χ4v) is 7.92. The van der Waals surface area contributed by atoms with Crippen molar-refractivity contribution in [2.24, 2.45) is 0 Å². The van der Waals surface area contributed by atoms with E-state index in [1.54, 1.807) is 0 Å². The van der Waals surface area contributed by atoms with Crippen molar-refractivity contribution in [2.45, 2.75) is 87.8 Å².